The van der Waals surface area contributed by atoms with E-state index in [1.165, 1.54) is 17.9 Å². The van der Waals surface area contributed by atoms with Gasteiger partial charge in [-0.15, -0.1) is 0 Å². The zero-order valence-corrected chi connectivity index (χ0v) is 16.1. The molecule has 3 heterocycles. The number of halogens is 1. The lowest BCUT2D eigenvalue weighted by atomic mass is 9.97. The molecule has 1 aliphatic rings. The predicted octanol–water partition coefficient (Wildman–Crippen LogP) is 2.28. The molecule has 0 unspecified atom stereocenters. The fraction of sp³-hybridized carbons (Fsp3) is 0.368. The van der Waals surface area contributed by atoms with Crippen molar-refractivity contribution >= 4 is 28.5 Å². The van der Waals surface area contributed by atoms with Crippen LogP contribution in [0.5, 0.6) is 5.75 Å². The van der Waals surface area contributed by atoms with Crippen LogP contribution in [0.3, 0.4) is 0 Å². The van der Waals surface area contributed by atoms with Crippen LogP contribution in [0.1, 0.15) is 36.2 Å². The quantitative estimate of drug-likeness (QED) is 0.698. The smallest absolute Gasteiger partial charge is 0.275 e. The minimum absolute atomic E-state index is 0.321. The van der Waals surface area contributed by atoms with Crippen molar-refractivity contribution in [3.8, 4) is 5.75 Å². The Kier molecular flexibility index (Phi) is 4.58. The van der Waals surface area contributed by atoms with Crippen LogP contribution < -0.4 is 10.7 Å². The summed E-state index contributed by atoms with van der Waals surface area (Å²) in [6.07, 6.45) is 8.77. The summed E-state index contributed by atoms with van der Waals surface area (Å²) in [6, 6.07) is 3.84. The third-order valence-electron chi connectivity index (χ3n) is 5.38. The van der Waals surface area contributed by atoms with Crippen molar-refractivity contribution in [3.63, 3.8) is 0 Å². The molecule has 3 aromatic rings. The fourth-order valence-corrected chi connectivity index (χ4v) is 4.23. The maximum Gasteiger partial charge on any atom is 0.275 e. The van der Waals surface area contributed by atoms with Crippen molar-refractivity contribution in [2.75, 3.05) is 7.05 Å². The number of carbonyl (C=O) groups excluding carboxylic acids is 1. The fourth-order valence-electron chi connectivity index (χ4n) is 4.06. The number of aromatic hydroxyl groups is 1. The Morgan fingerprint density at radius 1 is 1.39 bits per heavy atom. The van der Waals surface area contributed by atoms with Gasteiger partial charge in [0.1, 0.15) is 5.65 Å². The lowest BCUT2D eigenvalue weighted by molar-refractivity contribution is 0.0952. The molecule has 3 aromatic heterocycles. The van der Waals surface area contributed by atoms with Gasteiger partial charge >= 0.3 is 0 Å². The van der Waals surface area contributed by atoms with Gasteiger partial charge in [-0.2, -0.15) is 5.10 Å². The molecule has 1 saturated carbocycles. The van der Waals surface area contributed by atoms with E-state index >= 15 is 0 Å². The number of amides is 1. The van der Waals surface area contributed by atoms with Gasteiger partial charge in [0.25, 0.3) is 11.3 Å². The molecule has 28 heavy (non-hydrogen) atoms. The highest BCUT2D eigenvalue weighted by Crippen LogP contribution is 2.40. The van der Waals surface area contributed by atoms with Crippen LogP contribution in [0, 0.1) is 0 Å². The summed E-state index contributed by atoms with van der Waals surface area (Å²) in [7, 11) is 1.42. The normalized spacial score (nSPS) is 15.8. The number of aromatic nitrogens is 4. The molecule has 2 N–H and O–H groups in total. The average Bonchev–Trinajstić information content (AvgIpc) is 3.31. The van der Waals surface area contributed by atoms with Crippen molar-refractivity contribution in [1.82, 2.24) is 24.6 Å². The highest BCUT2D eigenvalue weighted by Gasteiger charge is 2.37. The van der Waals surface area contributed by atoms with Crippen LogP contribution in [0.4, 0.5) is 0 Å². The van der Waals surface area contributed by atoms with Crippen LogP contribution in [-0.2, 0) is 12.1 Å². The van der Waals surface area contributed by atoms with Crippen molar-refractivity contribution in [1.29, 1.82) is 0 Å². The van der Waals surface area contributed by atoms with E-state index in [0.717, 1.165) is 36.7 Å². The number of nitrogens with one attached hydrogen (secondary N) is 1. The number of rotatable bonds is 4. The number of pyridine rings is 1. The van der Waals surface area contributed by atoms with E-state index in [4.69, 9.17) is 11.6 Å². The van der Waals surface area contributed by atoms with E-state index in [9.17, 15) is 14.7 Å². The topological polar surface area (TPSA) is 102 Å². The Hall–Kier alpha value is -2.87. The van der Waals surface area contributed by atoms with E-state index < -0.39 is 17.1 Å². The van der Waals surface area contributed by atoms with Crippen LogP contribution in [0.25, 0.3) is 11.0 Å². The first kappa shape index (κ1) is 18.5. The van der Waals surface area contributed by atoms with Crippen molar-refractivity contribution < 1.29 is 9.90 Å². The van der Waals surface area contributed by atoms with Crippen molar-refractivity contribution in [3.05, 3.63) is 51.7 Å². The Morgan fingerprint density at radius 2 is 2.14 bits per heavy atom. The van der Waals surface area contributed by atoms with Gasteiger partial charge in [0, 0.05) is 24.8 Å². The maximum absolute atomic E-state index is 12.1. The third-order valence-corrected chi connectivity index (χ3v) is 5.59. The third kappa shape index (κ3) is 3.03. The van der Waals surface area contributed by atoms with Gasteiger partial charge in [-0.3, -0.25) is 14.3 Å². The molecule has 0 aliphatic heterocycles. The molecular weight excluding hydrogens is 382 g/mol. The lowest BCUT2D eigenvalue weighted by Gasteiger charge is -2.32. The second kappa shape index (κ2) is 6.94. The summed E-state index contributed by atoms with van der Waals surface area (Å²) in [6.45, 7) is 0.402. The zero-order valence-electron chi connectivity index (χ0n) is 15.4. The first-order valence-electron chi connectivity index (χ1n) is 9.09. The molecule has 4 rings (SSSR count). The Morgan fingerprint density at radius 3 is 2.86 bits per heavy atom. The molecule has 1 aliphatic carbocycles. The van der Waals surface area contributed by atoms with Gasteiger partial charge in [0.05, 0.1) is 23.3 Å². The van der Waals surface area contributed by atoms with Gasteiger partial charge in [-0.05, 0) is 25.0 Å². The van der Waals surface area contributed by atoms with E-state index in [0.29, 0.717) is 11.6 Å². The maximum atomic E-state index is 12.1. The molecule has 0 atom stereocenters. The molecule has 1 fully saturated rings. The predicted molar refractivity (Wildman–Crippen MR) is 105 cm³/mol. The Bertz CT molecular complexity index is 1110. The van der Waals surface area contributed by atoms with Gasteiger partial charge in [0.15, 0.2) is 11.4 Å². The van der Waals surface area contributed by atoms with Crippen molar-refractivity contribution in [2.45, 2.75) is 37.8 Å². The summed E-state index contributed by atoms with van der Waals surface area (Å²) in [5, 5.41) is 18.1. The molecule has 146 valence electrons. The number of hydrogen-bond acceptors (Lipinski definition) is 5. The largest absolute Gasteiger partial charge is 0.503 e. The molecule has 0 spiro atoms. The lowest BCUT2D eigenvalue weighted by Crippen LogP contribution is -2.37. The van der Waals surface area contributed by atoms with E-state index in [-0.39, 0.29) is 11.2 Å². The molecule has 0 bridgehead atoms. The standard InChI is InChI=1S/C19H20ClN5O3/c1-21-18(28)15-16(27)14(26)10-24(23-15)11-19(5-2-3-6-19)25-7-4-12-8-13(20)9-22-17(12)25/h4,7-10,26H,2-3,5-6,11H2,1H3,(H,21,28). The van der Waals surface area contributed by atoms with Crippen LogP contribution in [-0.4, -0.2) is 37.4 Å². The average molecular weight is 402 g/mol. The summed E-state index contributed by atoms with van der Waals surface area (Å²) in [4.78, 5) is 28.5. The Balaban J connectivity index is 1.80. The minimum Gasteiger partial charge on any atom is -0.503 e. The van der Waals surface area contributed by atoms with E-state index in [1.807, 2.05) is 18.3 Å². The van der Waals surface area contributed by atoms with Gasteiger partial charge < -0.3 is 15.0 Å². The summed E-state index contributed by atoms with van der Waals surface area (Å²) >= 11 is 6.06. The summed E-state index contributed by atoms with van der Waals surface area (Å²) in [5.41, 5.74) is -0.600. The van der Waals surface area contributed by atoms with Crippen LogP contribution in [0.2, 0.25) is 5.02 Å². The monoisotopic (exact) mass is 401 g/mol. The summed E-state index contributed by atoms with van der Waals surface area (Å²) in [5.74, 6) is -1.12. The molecule has 9 heteroatoms. The molecular formula is C19H20ClN5O3. The molecule has 8 nitrogen and oxygen atoms in total. The number of fused-ring (bicyclic) bond motifs is 1. The van der Waals surface area contributed by atoms with E-state index in [1.54, 1.807) is 6.20 Å². The highest BCUT2D eigenvalue weighted by molar-refractivity contribution is 6.31. The van der Waals surface area contributed by atoms with Crippen LogP contribution in [0.15, 0.2) is 35.5 Å². The molecule has 0 radical (unpaired) electrons. The van der Waals surface area contributed by atoms with Gasteiger partial charge in [-0.1, -0.05) is 24.4 Å². The molecule has 0 aromatic carbocycles. The highest BCUT2D eigenvalue weighted by atomic mass is 35.5. The number of hydrogen-bond donors (Lipinski definition) is 2. The van der Waals surface area contributed by atoms with Crippen molar-refractivity contribution in [2.24, 2.45) is 0 Å². The van der Waals surface area contributed by atoms with Gasteiger partial charge in [-0.25, -0.2) is 4.98 Å². The van der Waals surface area contributed by atoms with E-state index in [2.05, 4.69) is 20.0 Å². The van der Waals surface area contributed by atoms with Gasteiger partial charge in [0.2, 0.25) is 0 Å². The summed E-state index contributed by atoms with van der Waals surface area (Å²) < 4.78 is 3.61. The second-order valence-corrected chi connectivity index (χ2v) is 7.59. The molecule has 0 saturated heterocycles. The minimum atomic E-state index is -0.779. The first-order valence-corrected chi connectivity index (χ1v) is 9.47. The zero-order chi connectivity index (χ0) is 19.9. The number of nitrogens with zero attached hydrogens (tertiary/aromatic N) is 4. The number of carbonyl (C=O) groups is 1. The SMILES string of the molecule is CNC(=O)c1nn(CC2(n3ccc4cc(Cl)cnc43)CCCC2)cc(O)c1=O. The first-order chi connectivity index (χ1) is 13.4. The Labute approximate surface area is 165 Å². The van der Waals surface area contributed by atoms with Crippen LogP contribution >= 0.6 is 11.6 Å². The second-order valence-electron chi connectivity index (χ2n) is 7.15. The molecule has 1 amide bonds.